The van der Waals surface area contributed by atoms with Crippen LogP contribution in [-0.2, 0) is 27.2 Å². The number of hydrogen-bond acceptors (Lipinski definition) is 5. The molecule has 1 aromatic heterocycles. The number of cyclic esters (lactones) is 1. The molecule has 1 saturated heterocycles. The molecule has 4 heterocycles. The molecule has 0 bridgehead atoms. The third-order valence-corrected chi connectivity index (χ3v) is 8.49. The smallest absolute Gasteiger partial charge is 0.309 e. The summed E-state index contributed by atoms with van der Waals surface area (Å²) in [5.74, 6) is -1.64. The molecule has 2 aromatic rings. The Morgan fingerprint density at radius 3 is 2.79 bits per heavy atom. The van der Waals surface area contributed by atoms with Crippen molar-refractivity contribution in [3.05, 3.63) is 45.9 Å². The highest BCUT2D eigenvalue weighted by molar-refractivity contribution is 5.99. The molecule has 172 valence electrons. The molecule has 0 saturated carbocycles. The fourth-order valence-corrected chi connectivity index (χ4v) is 6.78. The second-order valence-electron chi connectivity index (χ2n) is 10.0. The van der Waals surface area contributed by atoms with Gasteiger partial charge in [-0.05, 0) is 49.3 Å². The van der Waals surface area contributed by atoms with Gasteiger partial charge < -0.3 is 14.7 Å². The third kappa shape index (κ3) is 2.49. The van der Waals surface area contributed by atoms with Crippen LogP contribution in [-0.4, -0.2) is 40.1 Å². The van der Waals surface area contributed by atoms with Crippen LogP contribution in [0.2, 0.25) is 0 Å². The fourth-order valence-electron chi connectivity index (χ4n) is 6.78. The molecule has 1 amide bonds. The molecular weight excluding hydrogens is 423 g/mol. The summed E-state index contributed by atoms with van der Waals surface area (Å²) in [6, 6.07) is 0.951. The zero-order valence-electron chi connectivity index (χ0n) is 19.1. The van der Waals surface area contributed by atoms with E-state index < -0.39 is 23.3 Å². The predicted octanol–water partition coefficient (Wildman–Crippen LogP) is 3.61. The fraction of sp³-hybridized carbons (Fsp3) is 0.500. The van der Waals surface area contributed by atoms with Crippen molar-refractivity contribution >= 4 is 28.5 Å². The molecule has 4 atom stereocenters. The van der Waals surface area contributed by atoms with Crippen molar-refractivity contribution < 1.29 is 23.8 Å². The van der Waals surface area contributed by atoms with Crippen LogP contribution in [0.25, 0.3) is 16.6 Å². The zero-order chi connectivity index (χ0) is 23.2. The van der Waals surface area contributed by atoms with Gasteiger partial charge >= 0.3 is 5.97 Å². The highest BCUT2D eigenvalue weighted by Crippen LogP contribution is 2.55. The van der Waals surface area contributed by atoms with Crippen LogP contribution in [0.5, 0.6) is 0 Å². The van der Waals surface area contributed by atoms with Gasteiger partial charge in [0.1, 0.15) is 12.4 Å². The number of allylic oxidation sites excluding steroid dienone is 1. The minimum atomic E-state index is -0.702. The third-order valence-electron chi connectivity index (χ3n) is 8.49. The number of halogens is 1. The van der Waals surface area contributed by atoms with Crippen LogP contribution in [0.4, 0.5) is 4.39 Å². The number of aromatic nitrogens is 1. The first-order valence-electron chi connectivity index (χ1n) is 11.8. The topological polar surface area (TPSA) is 79.7 Å². The second-order valence-corrected chi connectivity index (χ2v) is 10.0. The van der Waals surface area contributed by atoms with E-state index in [0.29, 0.717) is 28.9 Å². The van der Waals surface area contributed by atoms with E-state index in [9.17, 15) is 19.1 Å². The average molecular weight is 451 g/mol. The van der Waals surface area contributed by atoms with Gasteiger partial charge in [-0.3, -0.25) is 9.59 Å². The number of ether oxygens (including phenoxy) is 1. The molecule has 0 spiro atoms. The van der Waals surface area contributed by atoms with E-state index in [0.717, 1.165) is 41.3 Å². The summed E-state index contributed by atoms with van der Waals surface area (Å²) in [5, 5.41) is 11.4. The van der Waals surface area contributed by atoms with Crippen LogP contribution in [0, 0.1) is 30.0 Å². The van der Waals surface area contributed by atoms with Gasteiger partial charge in [0.25, 0.3) is 0 Å². The number of amides is 1. The largest absolute Gasteiger partial charge is 0.465 e. The molecule has 6 rings (SSSR count). The standard InChI is InChI=1S/C26H27FN2O4/c1-4-15-25(32)33-11-16-24(31)29-19(9-26(15,16)3)23-22(20(29)10-30)14-7-5-6-13-12(2)17(27)8-18(28-23)21(13)14/h8-9,15-16,20,30H,4-7,10-11H2,1-3H3. The minimum absolute atomic E-state index is 0.0380. The molecule has 1 aromatic carbocycles. The van der Waals surface area contributed by atoms with Crippen LogP contribution < -0.4 is 0 Å². The maximum atomic E-state index is 14.8. The summed E-state index contributed by atoms with van der Waals surface area (Å²) in [7, 11) is 0. The van der Waals surface area contributed by atoms with E-state index in [4.69, 9.17) is 9.72 Å². The highest BCUT2D eigenvalue weighted by Gasteiger charge is 2.58. The number of fused-ring (bicyclic) bond motifs is 5. The van der Waals surface area contributed by atoms with Crippen molar-refractivity contribution in [2.45, 2.75) is 52.5 Å². The second kappa shape index (κ2) is 6.86. The molecule has 0 radical (unpaired) electrons. The molecule has 4 aliphatic rings. The molecule has 1 aliphatic carbocycles. The van der Waals surface area contributed by atoms with Crippen molar-refractivity contribution in [3.8, 4) is 0 Å². The number of benzene rings is 1. The minimum Gasteiger partial charge on any atom is -0.465 e. The van der Waals surface area contributed by atoms with Gasteiger partial charge in [0.2, 0.25) is 5.91 Å². The van der Waals surface area contributed by atoms with Crippen molar-refractivity contribution in [2.75, 3.05) is 13.2 Å². The lowest BCUT2D eigenvalue weighted by atomic mass is 9.63. The van der Waals surface area contributed by atoms with Crippen molar-refractivity contribution in [2.24, 2.45) is 17.3 Å². The molecule has 1 fully saturated rings. The van der Waals surface area contributed by atoms with Gasteiger partial charge in [0, 0.05) is 22.4 Å². The van der Waals surface area contributed by atoms with Crippen LogP contribution in [0.1, 0.15) is 60.7 Å². The van der Waals surface area contributed by atoms with Crippen molar-refractivity contribution in [1.82, 2.24) is 9.88 Å². The van der Waals surface area contributed by atoms with E-state index >= 15 is 0 Å². The van der Waals surface area contributed by atoms with Crippen LogP contribution in [0.3, 0.4) is 0 Å². The van der Waals surface area contributed by atoms with Gasteiger partial charge in [-0.2, -0.15) is 0 Å². The maximum Gasteiger partial charge on any atom is 0.309 e. The average Bonchev–Trinajstić information content (AvgIpc) is 3.10. The van der Waals surface area contributed by atoms with Gasteiger partial charge in [-0.25, -0.2) is 9.37 Å². The number of aliphatic hydroxyl groups is 1. The normalized spacial score (nSPS) is 30.0. The summed E-state index contributed by atoms with van der Waals surface area (Å²) in [6.45, 7) is 5.49. The number of hydrogen-bond donors (Lipinski definition) is 1. The number of rotatable bonds is 2. The summed E-state index contributed by atoms with van der Waals surface area (Å²) in [5.41, 5.74) is 4.73. The number of nitrogens with zero attached hydrogens (tertiary/aromatic N) is 2. The Morgan fingerprint density at radius 1 is 1.30 bits per heavy atom. The Morgan fingerprint density at radius 2 is 2.06 bits per heavy atom. The van der Waals surface area contributed by atoms with E-state index in [-0.39, 0.29) is 30.9 Å². The van der Waals surface area contributed by atoms with Gasteiger partial charge in [0.15, 0.2) is 0 Å². The molecule has 33 heavy (non-hydrogen) atoms. The van der Waals surface area contributed by atoms with E-state index in [1.807, 2.05) is 19.9 Å². The zero-order valence-corrected chi connectivity index (χ0v) is 19.1. The Labute approximate surface area is 191 Å². The van der Waals surface area contributed by atoms with Gasteiger partial charge in [0.05, 0.1) is 41.4 Å². The Hall–Kier alpha value is -2.80. The van der Waals surface area contributed by atoms with Crippen LogP contribution >= 0.6 is 0 Å². The van der Waals surface area contributed by atoms with Crippen molar-refractivity contribution in [1.29, 1.82) is 0 Å². The molecule has 6 nitrogen and oxygen atoms in total. The first-order valence-corrected chi connectivity index (χ1v) is 11.8. The predicted molar refractivity (Wildman–Crippen MR) is 119 cm³/mol. The Balaban J connectivity index is 1.66. The first kappa shape index (κ1) is 20.8. The Kier molecular flexibility index (Phi) is 4.32. The lowest BCUT2D eigenvalue weighted by molar-refractivity contribution is -0.172. The number of carbonyl (C=O) groups excluding carboxylic acids is 2. The summed E-state index contributed by atoms with van der Waals surface area (Å²) < 4.78 is 20.2. The SMILES string of the molecule is CCC1C(=O)OCC2C(=O)N3C(=CC12C)c1nc2cc(F)c(C)c4c2c(c1C3CO)CCC4. The maximum absolute atomic E-state index is 14.8. The van der Waals surface area contributed by atoms with E-state index in [1.165, 1.54) is 6.07 Å². The van der Waals surface area contributed by atoms with E-state index in [2.05, 4.69) is 0 Å². The van der Waals surface area contributed by atoms with Crippen molar-refractivity contribution in [3.63, 3.8) is 0 Å². The van der Waals surface area contributed by atoms with Gasteiger partial charge in [-0.15, -0.1) is 0 Å². The number of carbonyl (C=O) groups is 2. The number of aliphatic hydroxyl groups excluding tert-OH is 1. The highest BCUT2D eigenvalue weighted by atomic mass is 19.1. The lowest BCUT2D eigenvalue weighted by Gasteiger charge is -2.48. The van der Waals surface area contributed by atoms with Gasteiger partial charge in [-0.1, -0.05) is 19.9 Å². The lowest BCUT2D eigenvalue weighted by Crippen LogP contribution is -2.55. The quantitative estimate of drug-likeness (QED) is 0.708. The van der Waals surface area contributed by atoms with Crippen LogP contribution in [0.15, 0.2) is 12.1 Å². The number of pyridine rings is 1. The molecule has 3 aliphatic heterocycles. The molecule has 7 heteroatoms. The summed E-state index contributed by atoms with van der Waals surface area (Å²) in [6.07, 6.45) is 5.03. The summed E-state index contributed by atoms with van der Waals surface area (Å²) in [4.78, 5) is 32.9. The number of aryl methyl sites for hydroxylation is 2. The summed E-state index contributed by atoms with van der Waals surface area (Å²) >= 11 is 0. The monoisotopic (exact) mass is 450 g/mol. The molecular formula is C26H27FN2O4. The van der Waals surface area contributed by atoms with E-state index in [1.54, 1.807) is 11.8 Å². The molecule has 4 unspecified atom stereocenters. The molecule has 1 N–H and O–H groups in total. The number of esters is 1. The first-order chi connectivity index (χ1) is 15.8. The Bertz CT molecular complexity index is 1290.